The molecule has 7 heteroatoms. The standard InChI is InChI=1S/C16H20O7/c1-4-7-21-15(20)12-11(13(17)18)10-5-6-16(12,23-10)8-22-14(19)9(2)3/h5-6,10-12H,2,4,7-8H2,1,3H3,(H,17,18). The maximum Gasteiger partial charge on any atom is 0.333 e. The van der Waals surface area contributed by atoms with E-state index >= 15 is 0 Å². The second-order valence-corrected chi connectivity index (χ2v) is 5.76. The van der Waals surface area contributed by atoms with Crippen LogP contribution >= 0.6 is 0 Å². The number of rotatable bonds is 7. The van der Waals surface area contributed by atoms with Crippen molar-refractivity contribution in [2.24, 2.45) is 11.8 Å². The fourth-order valence-corrected chi connectivity index (χ4v) is 2.85. The van der Waals surface area contributed by atoms with Crippen molar-refractivity contribution in [3.63, 3.8) is 0 Å². The molecule has 23 heavy (non-hydrogen) atoms. The third kappa shape index (κ3) is 3.14. The van der Waals surface area contributed by atoms with Gasteiger partial charge < -0.3 is 19.3 Å². The second-order valence-electron chi connectivity index (χ2n) is 5.76. The Balaban J connectivity index is 2.23. The molecule has 2 rings (SSSR count). The molecule has 0 spiro atoms. The van der Waals surface area contributed by atoms with Crippen molar-refractivity contribution in [1.29, 1.82) is 0 Å². The molecule has 2 bridgehead atoms. The SMILES string of the molecule is C=C(C)C(=O)OCC12C=CC(O1)C(C(=O)O)C2C(=O)OCCC. The number of fused-ring (bicyclic) bond motifs is 2. The van der Waals surface area contributed by atoms with E-state index in [0.29, 0.717) is 6.42 Å². The maximum absolute atomic E-state index is 12.3. The Labute approximate surface area is 133 Å². The highest BCUT2D eigenvalue weighted by Gasteiger charge is 2.63. The lowest BCUT2D eigenvalue weighted by Crippen LogP contribution is -2.47. The molecular weight excluding hydrogens is 304 g/mol. The third-order valence-corrected chi connectivity index (χ3v) is 3.93. The minimum Gasteiger partial charge on any atom is -0.481 e. The summed E-state index contributed by atoms with van der Waals surface area (Å²) in [7, 11) is 0. The Morgan fingerprint density at radius 2 is 2.04 bits per heavy atom. The number of carboxylic acid groups (broad SMARTS) is 1. The number of carbonyl (C=O) groups excluding carboxylic acids is 2. The van der Waals surface area contributed by atoms with Crippen LogP contribution in [-0.2, 0) is 28.6 Å². The first-order chi connectivity index (χ1) is 10.8. The van der Waals surface area contributed by atoms with Gasteiger partial charge in [0.05, 0.1) is 12.7 Å². The largest absolute Gasteiger partial charge is 0.481 e. The van der Waals surface area contributed by atoms with Gasteiger partial charge in [0.2, 0.25) is 0 Å². The van der Waals surface area contributed by atoms with E-state index in [0.717, 1.165) is 0 Å². The van der Waals surface area contributed by atoms with Crippen molar-refractivity contribution >= 4 is 17.9 Å². The molecule has 0 saturated carbocycles. The van der Waals surface area contributed by atoms with Crippen LogP contribution in [0.25, 0.3) is 0 Å². The van der Waals surface area contributed by atoms with Crippen molar-refractivity contribution < 1.29 is 33.7 Å². The molecular formula is C16H20O7. The van der Waals surface area contributed by atoms with Gasteiger partial charge in [-0.2, -0.15) is 0 Å². The number of carbonyl (C=O) groups is 3. The molecule has 1 fully saturated rings. The monoisotopic (exact) mass is 324 g/mol. The summed E-state index contributed by atoms with van der Waals surface area (Å²) in [5.41, 5.74) is -1.10. The maximum atomic E-state index is 12.3. The smallest absolute Gasteiger partial charge is 0.333 e. The number of ether oxygens (including phenoxy) is 3. The predicted molar refractivity (Wildman–Crippen MR) is 78.4 cm³/mol. The topological polar surface area (TPSA) is 99.1 Å². The van der Waals surface area contributed by atoms with E-state index in [1.807, 2.05) is 6.92 Å². The average Bonchev–Trinajstić information content (AvgIpc) is 3.06. The van der Waals surface area contributed by atoms with Crippen LogP contribution in [0.4, 0.5) is 0 Å². The molecule has 0 radical (unpaired) electrons. The zero-order valence-electron chi connectivity index (χ0n) is 13.1. The lowest BCUT2D eigenvalue weighted by Gasteiger charge is -2.30. The van der Waals surface area contributed by atoms with Crippen LogP contribution in [0.15, 0.2) is 24.3 Å². The van der Waals surface area contributed by atoms with Crippen LogP contribution in [0.3, 0.4) is 0 Å². The summed E-state index contributed by atoms with van der Waals surface area (Å²) < 4.78 is 15.9. The summed E-state index contributed by atoms with van der Waals surface area (Å²) in [5.74, 6) is -4.55. The molecule has 2 heterocycles. The first-order valence-corrected chi connectivity index (χ1v) is 7.41. The summed E-state index contributed by atoms with van der Waals surface area (Å²) >= 11 is 0. The van der Waals surface area contributed by atoms with Gasteiger partial charge >= 0.3 is 17.9 Å². The van der Waals surface area contributed by atoms with Crippen molar-refractivity contribution in [3.05, 3.63) is 24.3 Å². The predicted octanol–water partition coefficient (Wildman–Crippen LogP) is 1.08. The number of hydrogen-bond donors (Lipinski definition) is 1. The van der Waals surface area contributed by atoms with Crippen LogP contribution in [-0.4, -0.2) is 47.9 Å². The second kappa shape index (κ2) is 6.54. The van der Waals surface area contributed by atoms with Crippen molar-refractivity contribution in [2.75, 3.05) is 13.2 Å². The van der Waals surface area contributed by atoms with E-state index in [-0.39, 0.29) is 18.8 Å². The number of esters is 2. The van der Waals surface area contributed by atoms with E-state index < -0.39 is 41.4 Å². The van der Waals surface area contributed by atoms with Crippen LogP contribution < -0.4 is 0 Å². The molecule has 0 aromatic heterocycles. The van der Waals surface area contributed by atoms with Gasteiger partial charge in [-0.05, 0) is 19.4 Å². The van der Waals surface area contributed by atoms with E-state index in [2.05, 4.69) is 6.58 Å². The van der Waals surface area contributed by atoms with Gasteiger partial charge in [0.25, 0.3) is 0 Å². The number of carboxylic acids is 1. The quantitative estimate of drug-likeness (QED) is 0.425. The van der Waals surface area contributed by atoms with E-state index in [4.69, 9.17) is 14.2 Å². The minimum absolute atomic E-state index is 0.192. The molecule has 0 amide bonds. The summed E-state index contributed by atoms with van der Waals surface area (Å²) in [5, 5.41) is 9.42. The van der Waals surface area contributed by atoms with Crippen molar-refractivity contribution in [3.8, 4) is 0 Å². The zero-order valence-corrected chi connectivity index (χ0v) is 13.1. The van der Waals surface area contributed by atoms with E-state index in [1.165, 1.54) is 6.92 Å². The summed E-state index contributed by atoms with van der Waals surface area (Å²) in [6, 6.07) is 0. The van der Waals surface area contributed by atoms with Crippen molar-refractivity contribution in [2.45, 2.75) is 32.0 Å². The zero-order chi connectivity index (χ0) is 17.2. The van der Waals surface area contributed by atoms with Crippen molar-refractivity contribution in [1.82, 2.24) is 0 Å². The number of aliphatic carboxylic acids is 1. The highest BCUT2D eigenvalue weighted by Crippen LogP contribution is 2.48. The van der Waals surface area contributed by atoms with Crippen LogP contribution in [0.1, 0.15) is 20.3 Å². The summed E-state index contributed by atoms with van der Waals surface area (Å²) in [6.45, 7) is 6.74. The highest BCUT2D eigenvalue weighted by molar-refractivity contribution is 5.87. The Hall–Kier alpha value is -2.15. The minimum atomic E-state index is -1.30. The lowest BCUT2D eigenvalue weighted by molar-refractivity contribution is -0.163. The van der Waals surface area contributed by atoms with Gasteiger partial charge in [0.15, 0.2) is 0 Å². The molecule has 1 saturated heterocycles. The van der Waals surface area contributed by atoms with E-state index in [1.54, 1.807) is 12.2 Å². The number of hydrogen-bond acceptors (Lipinski definition) is 6. The average molecular weight is 324 g/mol. The van der Waals surface area contributed by atoms with Gasteiger partial charge in [0.1, 0.15) is 24.0 Å². The van der Waals surface area contributed by atoms with Gasteiger partial charge in [-0.25, -0.2) is 4.79 Å². The third-order valence-electron chi connectivity index (χ3n) is 3.93. The molecule has 0 aromatic carbocycles. The van der Waals surface area contributed by atoms with Crippen LogP contribution in [0, 0.1) is 11.8 Å². The molecule has 0 aromatic rings. The summed E-state index contributed by atoms with van der Waals surface area (Å²) in [6.07, 6.45) is 3.04. The van der Waals surface area contributed by atoms with Crippen LogP contribution in [0.5, 0.6) is 0 Å². The first kappa shape index (κ1) is 17.2. The molecule has 4 unspecified atom stereocenters. The van der Waals surface area contributed by atoms with E-state index in [9.17, 15) is 19.5 Å². The van der Waals surface area contributed by atoms with Gasteiger partial charge in [0, 0.05) is 5.57 Å². The fraction of sp³-hybridized carbons (Fsp3) is 0.562. The Morgan fingerprint density at radius 1 is 1.35 bits per heavy atom. The summed E-state index contributed by atoms with van der Waals surface area (Å²) in [4.78, 5) is 35.5. The molecule has 7 nitrogen and oxygen atoms in total. The fourth-order valence-electron chi connectivity index (χ4n) is 2.85. The molecule has 2 aliphatic rings. The molecule has 126 valence electrons. The van der Waals surface area contributed by atoms with Gasteiger partial charge in [-0.3, -0.25) is 9.59 Å². The molecule has 2 aliphatic heterocycles. The molecule has 4 atom stereocenters. The van der Waals surface area contributed by atoms with Gasteiger partial charge in [-0.1, -0.05) is 19.6 Å². The van der Waals surface area contributed by atoms with Gasteiger partial charge in [-0.15, -0.1) is 0 Å². The Morgan fingerprint density at radius 3 is 2.61 bits per heavy atom. The highest BCUT2D eigenvalue weighted by atomic mass is 16.6. The Bertz CT molecular complexity index is 565. The molecule has 0 aliphatic carbocycles. The van der Waals surface area contributed by atoms with Crippen LogP contribution in [0.2, 0.25) is 0 Å². The normalized spacial score (nSPS) is 31.0. The Kier molecular flexibility index (Phi) is 4.89. The first-order valence-electron chi connectivity index (χ1n) is 7.41. The molecule has 1 N–H and O–H groups in total. The lowest BCUT2D eigenvalue weighted by atomic mass is 9.75.